The van der Waals surface area contributed by atoms with Crippen LogP contribution in [0.3, 0.4) is 0 Å². The van der Waals surface area contributed by atoms with Crippen molar-refractivity contribution in [2.75, 3.05) is 5.75 Å². The number of benzene rings is 1. The number of hydrogen-bond acceptors (Lipinski definition) is 4. The van der Waals surface area contributed by atoms with E-state index in [4.69, 9.17) is 5.11 Å². The summed E-state index contributed by atoms with van der Waals surface area (Å²) in [5, 5.41) is 9.15. The molecule has 0 aromatic heterocycles. The quantitative estimate of drug-likeness (QED) is 0.779. The van der Waals surface area contributed by atoms with Crippen molar-refractivity contribution in [3.05, 3.63) is 35.9 Å². The van der Waals surface area contributed by atoms with Crippen molar-refractivity contribution in [3.8, 4) is 0 Å². The number of aliphatic hydroxyl groups excluding tert-OH is 1. The molecule has 0 bridgehead atoms. The predicted molar refractivity (Wildman–Crippen MR) is 78.2 cm³/mol. The Morgan fingerprint density at radius 2 is 1.95 bits per heavy atom. The zero-order chi connectivity index (χ0) is 14.3. The molecule has 19 heavy (non-hydrogen) atoms. The van der Waals surface area contributed by atoms with Gasteiger partial charge in [-0.05, 0) is 25.3 Å². The highest BCUT2D eigenvalue weighted by atomic mass is 32.2. The van der Waals surface area contributed by atoms with Gasteiger partial charge >= 0.3 is 0 Å². The van der Waals surface area contributed by atoms with Crippen molar-refractivity contribution < 1.29 is 13.5 Å². The molecule has 1 aromatic carbocycles. The standard InChI is InChI=1S/C14H21NO3S/c1-3-14(9-10-19(17,18)12(2)16)15-11-13-7-5-4-6-8-13/h4-8,11-12,14,16H,3,9-10H2,1-2H3. The highest BCUT2D eigenvalue weighted by molar-refractivity contribution is 7.91. The second-order valence-corrected chi connectivity index (χ2v) is 6.92. The van der Waals surface area contributed by atoms with Crippen LogP contribution in [0.5, 0.6) is 0 Å². The minimum Gasteiger partial charge on any atom is -0.377 e. The Labute approximate surface area is 115 Å². The van der Waals surface area contributed by atoms with E-state index < -0.39 is 15.3 Å². The van der Waals surface area contributed by atoms with Gasteiger partial charge in [0.2, 0.25) is 0 Å². The van der Waals surface area contributed by atoms with Crippen LogP contribution in [0.4, 0.5) is 0 Å². The van der Waals surface area contributed by atoms with Crippen LogP contribution in [-0.2, 0) is 9.84 Å². The van der Waals surface area contributed by atoms with Crippen molar-refractivity contribution in [2.24, 2.45) is 4.99 Å². The Morgan fingerprint density at radius 1 is 1.32 bits per heavy atom. The van der Waals surface area contributed by atoms with E-state index in [0.29, 0.717) is 6.42 Å². The number of sulfone groups is 1. The lowest BCUT2D eigenvalue weighted by Crippen LogP contribution is -2.22. The third-order valence-corrected chi connectivity index (χ3v) is 4.80. The molecule has 0 aliphatic rings. The second-order valence-electron chi connectivity index (χ2n) is 4.51. The van der Waals surface area contributed by atoms with Crippen LogP contribution in [0.2, 0.25) is 0 Å². The average Bonchev–Trinajstić information content (AvgIpc) is 2.40. The van der Waals surface area contributed by atoms with E-state index in [1.807, 2.05) is 37.3 Å². The van der Waals surface area contributed by atoms with E-state index in [1.165, 1.54) is 6.92 Å². The largest absolute Gasteiger partial charge is 0.377 e. The van der Waals surface area contributed by atoms with Gasteiger partial charge in [-0.1, -0.05) is 37.3 Å². The summed E-state index contributed by atoms with van der Waals surface area (Å²) in [6.45, 7) is 3.26. The molecule has 0 fully saturated rings. The normalized spacial score (nSPS) is 15.5. The van der Waals surface area contributed by atoms with E-state index in [-0.39, 0.29) is 11.8 Å². The summed E-state index contributed by atoms with van der Waals surface area (Å²) in [5.41, 5.74) is -0.303. The Bertz CT molecular complexity index is 495. The van der Waals surface area contributed by atoms with Crippen LogP contribution in [0.15, 0.2) is 35.3 Å². The van der Waals surface area contributed by atoms with Crippen LogP contribution in [0, 0.1) is 0 Å². The Balaban J connectivity index is 2.58. The maximum absolute atomic E-state index is 11.5. The molecule has 4 nitrogen and oxygen atoms in total. The monoisotopic (exact) mass is 283 g/mol. The molecule has 0 aliphatic carbocycles. The molecule has 0 amide bonds. The fourth-order valence-corrected chi connectivity index (χ4v) is 2.53. The van der Waals surface area contributed by atoms with Crippen LogP contribution in [-0.4, -0.2) is 37.0 Å². The number of aliphatic hydroxyl groups is 1. The molecular weight excluding hydrogens is 262 g/mol. The molecule has 1 rings (SSSR count). The van der Waals surface area contributed by atoms with Gasteiger partial charge in [-0.3, -0.25) is 4.99 Å². The summed E-state index contributed by atoms with van der Waals surface area (Å²) in [7, 11) is -3.40. The minimum atomic E-state index is -3.40. The summed E-state index contributed by atoms with van der Waals surface area (Å²) in [5.74, 6) is -0.0324. The van der Waals surface area contributed by atoms with Gasteiger partial charge in [0.25, 0.3) is 0 Å². The molecule has 0 heterocycles. The maximum Gasteiger partial charge on any atom is 0.176 e. The molecule has 0 radical (unpaired) electrons. The lowest BCUT2D eigenvalue weighted by atomic mass is 10.2. The zero-order valence-electron chi connectivity index (χ0n) is 11.4. The molecule has 0 aliphatic heterocycles. The first-order chi connectivity index (χ1) is 8.95. The molecule has 5 heteroatoms. The van der Waals surface area contributed by atoms with Gasteiger partial charge in [0, 0.05) is 6.21 Å². The molecule has 2 unspecified atom stereocenters. The van der Waals surface area contributed by atoms with Crippen LogP contribution >= 0.6 is 0 Å². The van der Waals surface area contributed by atoms with Crippen molar-refractivity contribution in [1.29, 1.82) is 0 Å². The molecule has 1 N–H and O–H groups in total. The Morgan fingerprint density at radius 3 is 2.47 bits per heavy atom. The van der Waals surface area contributed by atoms with Gasteiger partial charge in [0.05, 0.1) is 11.8 Å². The highest BCUT2D eigenvalue weighted by Crippen LogP contribution is 2.09. The molecule has 2 atom stereocenters. The first kappa shape index (κ1) is 15.9. The van der Waals surface area contributed by atoms with Gasteiger partial charge in [-0.2, -0.15) is 0 Å². The lowest BCUT2D eigenvalue weighted by molar-refractivity contribution is 0.268. The second kappa shape index (κ2) is 7.40. The van der Waals surface area contributed by atoms with Crippen molar-refractivity contribution in [3.63, 3.8) is 0 Å². The third kappa shape index (κ3) is 5.53. The Hall–Kier alpha value is -1.20. The average molecular weight is 283 g/mol. The molecule has 1 aromatic rings. The Kier molecular flexibility index (Phi) is 6.18. The fraction of sp³-hybridized carbons (Fsp3) is 0.500. The lowest BCUT2D eigenvalue weighted by Gasteiger charge is -2.11. The van der Waals surface area contributed by atoms with Crippen LogP contribution in [0.1, 0.15) is 32.3 Å². The molecule has 0 saturated heterocycles. The minimum absolute atomic E-state index is 0.0324. The number of nitrogens with zero attached hydrogens (tertiary/aromatic N) is 1. The first-order valence-corrected chi connectivity index (χ1v) is 8.15. The van der Waals surface area contributed by atoms with Gasteiger partial charge in [0.1, 0.15) is 0 Å². The number of rotatable bonds is 7. The zero-order valence-corrected chi connectivity index (χ0v) is 12.2. The van der Waals surface area contributed by atoms with E-state index >= 15 is 0 Å². The highest BCUT2D eigenvalue weighted by Gasteiger charge is 2.19. The predicted octanol–water partition coefficient (Wildman–Crippen LogP) is 2.03. The van der Waals surface area contributed by atoms with Crippen molar-refractivity contribution in [2.45, 2.75) is 38.2 Å². The smallest absolute Gasteiger partial charge is 0.176 e. The molecule has 106 valence electrons. The molecule has 0 saturated carbocycles. The van der Waals surface area contributed by atoms with Gasteiger partial charge in [-0.15, -0.1) is 0 Å². The van der Waals surface area contributed by atoms with E-state index in [0.717, 1.165) is 12.0 Å². The molecule has 0 spiro atoms. The summed E-state index contributed by atoms with van der Waals surface area (Å²) in [6, 6.07) is 9.66. The summed E-state index contributed by atoms with van der Waals surface area (Å²) in [6.07, 6.45) is 2.98. The molecular formula is C14H21NO3S. The van der Waals surface area contributed by atoms with Gasteiger partial charge in [0.15, 0.2) is 15.3 Å². The fourth-order valence-electron chi connectivity index (χ4n) is 1.59. The van der Waals surface area contributed by atoms with Crippen molar-refractivity contribution in [1.82, 2.24) is 0 Å². The van der Waals surface area contributed by atoms with Crippen molar-refractivity contribution >= 4 is 16.1 Å². The van der Waals surface area contributed by atoms with Crippen LogP contribution in [0.25, 0.3) is 0 Å². The number of aliphatic imine (C=N–C) groups is 1. The van der Waals surface area contributed by atoms with E-state index in [2.05, 4.69) is 4.99 Å². The topological polar surface area (TPSA) is 66.7 Å². The van der Waals surface area contributed by atoms with E-state index in [1.54, 1.807) is 6.21 Å². The summed E-state index contributed by atoms with van der Waals surface area (Å²) in [4.78, 5) is 4.40. The SMILES string of the molecule is CCC(CCS(=O)(=O)C(C)O)N=Cc1ccccc1. The summed E-state index contributed by atoms with van der Waals surface area (Å²) < 4.78 is 23.0. The van der Waals surface area contributed by atoms with Crippen LogP contribution < -0.4 is 0 Å². The van der Waals surface area contributed by atoms with Gasteiger partial charge in [-0.25, -0.2) is 8.42 Å². The van der Waals surface area contributed by atoms with Gasteiger partial charge < -0.3 is 5.11 Å². The number of hydrogen-bond donors (Lipinski definition) is 1. The summed E-state index contributed by atoms with van der Waals surface area (Å²) >= 11 is 0. The first-order valence-electron chi connectivity index (χ1n) is 6.43. The third-order valence-electron chi connectivity index (χ3n) is 2.96. The maximum atomic E-state index is 11.5. The van der Waals surface area contributed by atoms with E-state index in [9.17, 15) is 8.42 Å².